The maximum absolute atomic E-state index is 13.2. The summed E-state index contributed by atoms with van der Waals surface area (Å²) in [5, 5.41) is 12.2. The topological polar surface area (TPSA) is 58.6 Å². The van der Waals surface area contributed by atoms with Crippen molar-refractivity contribution < 1.29 is 19.0 Å². The second-order valence-electron chi connectivity index (χ2n) is 4.82. The van der Waals surface area contributed by atoms with Crippen molar-refractivity contribution in [2.75, 3.05) is 13.2 Å². The fourth-order valence-electron chi connectivity index (χ4n) is 2.25. The average molecular weight is 267 g/mol. The van der Waals surface area contributed by atoms with Crippen molar-refractivity contribution in [2.24, 2.45) is 0 Å². The Hall–Kier alpha value is -1.46. The third kappa shape index (κ3) is 3.52. The number of carboxylic acid groups (broad SMARTS) is 1. The summed E-state index contributed by atoms with van der Waals surface area (Å²) in [4.78, 5) is 11.3. The smallest absolute Gasteiger partial charge is 0.325 e. The minimum atomic E-state index is -0.969. The third-order valence-corrected chi connectivity index (χ3v) is 3.34. The zero-order valence-corrected chi connectivity index (χ0v) is 10.9. The van der Waals surface area contributed by atoms with E-state index in [4.69, 9.17) is 4.74 Å². The monoisotopic (exact) mass is 267 g/mol. The van der Waals surface area contributed by atoms with Crippen LogP contribution in [0.1, 0.15) is 30.0 Å². The summed E-state index contributed by atoms with van der Waals surface area (Å²) >= 11 is 0. The van der Waals surface area contributed by atoms with Gasteiger partial charge in [-0.1, -0.05) is 12.1 Å². The lowest BCUT2D eigenvalue weighted by Gasteiger charge is -2.18. The molecule has 0 amide bonds. The van der Waals surface area contributed by atoms with Crippen LogP contribution in [0.5, 0.6) is 0 Å². The van der Waals surface area contributed by atoms with E-state index in [-0.39, 0.29) is 11.9 Å². The average Bonchev–Trinajstić information content (AvgIpc) is 2.86. The van der Waals surface area contributed by atoms with Crippen LogP contribution in [0.25, 0.3) is 0 Å². The molecule has 2 unspecified atom stereocenters. The number of halogens is 1. The molecule has 0 aliphatic carbocycles. The molecule has 1 heterocycles. The SMILES string of the molecule is Cc1cc(C(NCC2CCCO2)C(=O)O)ccc1F. The number of ether oxygens (including phenoxy) is 1. The van der Waals surface area contributed by atoms with Crippen molar-refractivity contribution >= 4 is 5.97 Å². The van der Waals surface area contributed by atoms with E-state index >= 15 is 0 Å². The molecule has 2 N–H and O–H groups in total. The molecular formula is C14H18FNO3. The van der Waals surface area contributed by atoms with Gasteiger partial charge in [0.15, 0.2) is 0 Å². The predicted molar refractivity (Wildman–Crippen MR) is 68.5 cm³/mol. The molecule has 0 radical (unpaired) electrons. The molecule has 0 aromatic heterocycles. The van der Waals surface area contributed by atoms with Crippen molar-refractivity contribution in [3.63, 3.8) is 0 Å². The summed E-state index contributed by atoms with van der Waals surface area (Å²) in [5.74, 6) is -1.30. The van der Waals surface area contributed by atoms with Crippen molar-refractivity contribution in [2.45, 2.75) is 31.9 Å². The first kappa shape index (κ1) is 14.0. The van der Waals surface area contributed by atoms with Gasteiger partial charge in [-0.2, -0.15) is 0 Å². The molecule has 1 aromatic rings. The molecule has 1 aliphatic rings. The van der Waals surface area contributed by atoms with E-state index in [1.54, 1.807) is 13.0 Å². The Balaban J connectivity index is 2.05. The van der Waals surface area contributed by atoms with Gasteiger partial charge in [-0.25, -0.2) is 4.39 Å². The van der Waals surface area contributed by atoms with Crippen LogP contribution in [-0.4, -0.2) is 30.3 Å². The van der Waals surface area contributed by atoms with Gasteiger partial charge >= 0.3 is 5.97 Å². The van der Waals surface area contributed by atoms with Gasteiger partial charge in [-0.05, 0) is 37.0 Å². The Kier molecular flexibility index (Phi) is 4.50. The number of rotatable bonds is 5. The standard InChI is InChI=1S/C14H18FNO3/c1-9-7-10(4-5-12(9)15)13(14(17)18)16-8-11-3-2-6-19-11/h4-5,7,11,13,16H,2-3,6,8H2,1H3,(H,17,18). The van der Waals surface area contributed by atoms with E-state index in [9.17, 15) is 14.3 Å². The van der Waals surface area contributed by atoms with Gasteiger partial charge in [0.2, 0.25) is 0 Å². The maximum Gasteiger partial charge on any atom is 0.325 e. The first-order valence-electron chi connectivity index (χ1n) is 6.42. The number of carbonyl (C=O) groups is 1. The van der Waals surface area contributed by atoms with Crippen LogP contribution in [0.3, 0.4) is 0 Å². The zero-order chi connectivity index (χ0) is 13.8. The molecule has 0 spiro atoms. The lowest BCUT2D eigenvalue weighted by Crippen LogP contribution is -2.34. The highest BCUT2D eigenvalue weighted by atomic mass is 19.1. The van der Waals surface area contributed by atoms with E-state index in [2.05, 4.69) is 5.32 Å². The number of aryl methyl sites for hydroxylation is 1. The Morgan fingerprint density at radius 2 is 2.42 bits per heavy atom. The van der Waals surface area contributed by atoms with Gasteiger partial charge in [0.1, 0.15) is 11.9 Å². The summed E-state index contributed by atoms with van der Waals surface area (Å²) in [5.41, 5.74) is 1.01. The zero-order valence-electron chi connectivity index (χ0n) is 10.9. The summed E-state index contributed by atoms with van der Waals surface area (Å²) in [7, 11) is 0. The second-order valence-corrected chi connectivity index (χ2v) is 4.82. The fourth-order valence-corrected chi connectivity index (χ4v) is 2.25. The maximum atomic E-state index is 13.2. The van der Waals surface area contributed by atoms with Crippen LogP contribution in [-0.2, 0) is 9.53 Å². The number of nitrogens with one attached hydrogen (secondary N) is 1. The Bertz CT molecular complexity index is 458. The minimum absolute atomic E-state index is 0.0726. The van der Waals surface area contributed by atoms with Gasteiger partial charge in [-0.15, -0.1) is 0 Å². The molecule has 1 aromatic carbocycles. The van der Waals surface area contributed by atoms with E-state index in [0.717, 1.165) is 19.4 Å². The quantitative estimate of drug-likeness (QED) is 0.857. The van der Waals surface area contributed by atoms with Crippen LogP contribution in [0.4, 0.5) is 4.39 Å². The molecule has 19 heavy (non-hydrogen) atoms. The van der Waals surface area contributed by atoms with Crippen LogP contribution < -0.4 is 5.32 Å². The van der Waals surface area contributed by atoms with Crippen molar-refractivity contribution in [3.05, 3.63) is 35.1 Å². The lowest BCUT2D eigenvalue weighted by molar-refractivity contribution is -0.139. The molecule has 0 saturated carbocycles. The van der Waals surface area contributed by atoms with Crippen molar-refractivity contribution in [1.82, 2.24) is 5.32 Å². The van der Waals surface area contributed by atoms with Crippen LogP contribution in [0.2, 0.25) is 0 Å². The molecule has 2 rings (SSSR count). The van der Waals surface area contributed by atoms with Gasteiger partial charge in [0.05, 0.1) is 6.10 Å². The van der Waals surface area contributed by atoms with Crippen molar-refractivity contribution in [3.8, 4) is 0 Å². The predicted octanol–water partition coefficient (Wildman–Crippen LogP) is 2.03. The first-order chi connectivity index (χ1) is 9.08. The highest BCUT2D eigenvalue weighted by Gasteiger charge is 2.23. The first-order valence-corrected chi connectivity index (χ1v) is 6.42. The number of aliphatic carboxylic acids is 1. The summed E-state index contributed by atoms with van der Waals surface area (Å²) < 4.78 is 18.7. The van der Waals surface area contributed by atoms with Gasteiger partial charge in [0.25, 0.3) is 0 Å². The van der Waals surface area contributed by atoms with Gasteiger partial charge < -0.3 is 9.84 Å². The molecule has 1 saturated heterocycles. The van der Waals surface area contributed by atoms with Crippen LogP contribution in [0, 0.1) is 12.7 Å². The summed E-state index contributed by atoms with van der Waals surface area (Å²) in [6, 6.07) is 3.54. The number of hydrogen-bond donors (Lipinski definition) is 2. The molecule has 1 aliphatic heterocycles. The van der Waals surface area contributed by atoms with Crippen LogP contribution >= 0.6 is 0 Å². The fraction of sp³-hybridized carbons (Fsp3) is 0.500. The molecule has 4 nitrogen and oxygen atoms in total. The van der Waals surface area contributed by atoms with E-state index in [1.807, 2.05) is 0 Å². The van der Waals surface area contributed by atoms with Gasteiger partial charge in [0, 0.05) is 13.2 Å². The number of benzene rings is 1. The van der Waals surface area contributed by atoms with E-state index in [0.29, 0.717) is 17.7 Å². The highest BCUT2D eigenvalue weighted by Crippen LogP contribution is 2.18. The third-order valence-electron chi connectivity index (χ3n) is 3.34. The Morgan fingerprint density at radius 3 is 3.00 bits per heavy atom. The van der Waals surface area contributed by atoms with E-state index < -0.39 is 12.0 Å². The number of carboxylic acids is 1. The Labute approximate surface area is 111 Å². The number of hydrogen-bond acceptors (Lipinski definition) is 3. The summed E-state index contributed by atoms with van der Waals surface area (Å²) in [6.07, 6.45) is 2.03. The normalized spacial score (nSPS) is 20.4. The molecule has 104 valence electrons. The molecular weight excluding hydrogens is 249 g/mol. The summed E-state index contributed by atoms with van der Waals surface area (Å²) in [6.45, 7) is 2.85. The molecule has 2 atom stereocenters. The van der Waals surface area contributed by atoms with Gasteiger partial charge in [-0.3, -0.25) is 10.1 Å². The Morgan fingerprint density at radius 1 is 1.63 bits per heavy atom. The second kappa shape index (κ2) is 6.12. The molecule has 5 heteroatoms. The highest BCUT2D eigenvalue weighted by molar-refractivity contribution is 5.75. The lowest BCUT2D eigenvalue weighted by atomic mass is 10.0. The molecule has 1 fully saturated rings. The molecule has 0 bridgehead atoms. The van der Waals surface area contributed by atoms with Crippen molar-refractivity contribution in [1.29, 1.82) is 0 Å². The van der Waals surface area contributed by atoms with E-state index in [1.165, 1.54) is 12.1 Å². The van der Waals surface area contributed by atoms with Crippen LogP contribution in [0.15, 0.2) is 18.2 Å². The largest absolute Gasteiger partial charge is 0.480 e. The minimum Gasteiger partial charge on any atom is -0.480 e.